The molecule has 1 aromatic carbocycles. The zero-order chi connectivity index (χ0) is 17.9. The van der Waals surface area contributed by atoms with Crippen LogP contribution in [0.15, 0.2) is 35.2 Å². The molecule has 6 nitrogen and oxygen atoms in total. The van der Waals surface area contributed by atoms with E-state index >= 15 is 0 Å². The minimum Gasteiger partial charge on any atom is -0.466 e. The molecule has 3 aliphatic rings. The number of nitrogens with zero attached hydrogens (tertiary/aromatic N) is 1. The van der Waals surface area contributed by atoms with Crippen LogP contribution in [0.1, 0.15) is 19.4 Å². The van der Waals surface area contributed by atoms with Gasteiger partial charge in [-0.1, -0.05) is 38.1 Å². The van der Waals surface area contributed by atoms with Gasteiger partial charge in [0.15, 0.2) is 5.72 Å². The van der Waals surface area contributed by atoms with Gasteiger partial charge in [-0.25, -0.2) is 14.3 Å². The molecule has 3 aliphatic heterocycles. The quantitative estimate of drug-likeness (QED) is 0.605. The van der Waals surface area contributed by atoms with Crippen molar-refractivity contribution >= 4 is 25.3 Å². The van der Waals surface area contributed by atoms with E-state index in [1.54, 1.807) is 0 Å². The molecule has 3 heterocycles. The maximum Gasteiger partial charge on any atom is 0.340 e. The van der Waals surface area contributed by atoms with Gasteiger partial charge < -0.3 is 14.2 Å². The fourth-order valence-corrected chi connectivity index (χ4v) is 7.31. The summed E-state index contributed by atoms with van der Waals surface area (Å²) in [6, 6.07) is 7.98. The molecular weight excluding hydrogens is 341 g/mol. The summed E-state index contributed by atoms with van der Waals surface area (Å²) in [5.74, 6) is -0.702. The number of hydrogen-bond donors (Lipinski definition) is 0. The minimum absolute atomic E-state index is 0.111. The summed E-state index contributed by atoms with van der Waals surface area (Å²) >= 11 is 0. The second-order valence-electron chi connectivity index (χ2n) is 6.65. The van der Waals surface area contributed by atoms with Crippen LogP contribution in [0, 0.1) is 5.92 Å². The lowest BCUT2D eigenvalue weighted by atomic mass is 9.92. The van der Waals surface area contributed by atoms with Crippen molar-refractivity contribution in [1.82, 2.24) is 4.67 Å². The third kappa shape index (κ3) is 1.90. The largest absolute Gasteiger partial charge is 0.466 e. The summed E-state index contributed by atoms with van der Waals surface area (Å²) in [6.07, 6.45) is 0. The van der Waals surface area contributed by atoms with Crippen molar-refractivity contribution in [3.63, 3.8) is 0 Å². The van der Waals surface area contributed by atoms with Crippen molar-refractivity contribution in [2.45, 2.75) is 25.6 Å². The van der Waals surface area contributed by atoms with E-state index < -0.39 is 25.7 Å². The van der Waals surface area contributed by atoms with Gasteiger partial charge in [0.1, 0.15) is 5.57 Å². The molecule has 0 amide bonds. The first-order valence-electron chi connectivity index (χ1n) is 8.23. The van der Waals surface area contributed by atoms with Crippen LogP contribution in [0.4, 0.5) is 0 Å². The Morgan fingerprint density at radius 2 is 1.92 bits per heavy atom. The molecule has 7 heteroatoms. The number of benzene rings is 1. The van der Waals surface area contributed by atoms with Crippen molar-refractivity contribution in [2.24, 2.45) is 5.92 Å². The first-order chi connectivity index (χ1) is 12.0. The highest BCUT2D eigenvalue weighted by atomic mass is 31.1. The van der Waals surface area contributed by atoms with E-state index in [-0.39, 0.29) is 11.6 Å². The summed E-state index contributed by atoms with van der Waals surface area (Å²) < 4.78 is 18.5. The van der Waals surface area contributed by atoms with Crippen LogP contribution in [-0.4, -0.2) is 43.5 Å². The van der Waals surface area contributed by atoms with E-state index in [2.05, 4.69) is 18.5 Å². The number of fused-ring (bicyclic) bond motifs is 2. The molecule has 1 unspecified atom stereocenters. The number of carbonyl (C=O) groups excluding carboxylic acids is 2. The average Bonchev–Trinajstić information content (AvgIpc) is 3.21. The lowest BCUT2D eigenvalue weighted by Gasteiger charge is -2.32. The molecular formula is C18H20NO5P. The zero-order valence-electron chi connectivity index (χ0n) is 14.6. The normalized spacial score (nSPS) is 29.8. The standard InChI is InChI=1S/C18H20NO5P/c1-10(2)12-9-24-18-11-7-5-6-8-13(11)25(19(12)18)15(17(21)23-4)14(18)16(20)22-3/h5-8,10,12H,9H2,1-4H3/t12-,18+,25?/m1/s1. The summed E-state index contributed by atoms with van der Waals surface area (Å²) in [7, 11) is 1.48. The molecule has 1 saturated heterocycles. The predicted octanol–water partition coefficient (Wildman–Crippen LogP) is 1.85. The molecule has 1 aromatic rings. The highest BCUT2D eigenvalue weighted by Crippen LogP contribution is 2.73. The Balaban J connectivity index is 2.01. The van der Waals surface area contributed by atoms with Crippen LogP contribution >= 0.6 is 8.07 Å². The Kier molecular flexibility index (Phi) is 3.76. The van der Waals surface area contributed by atoms with Crippen molar-refractivity contribution in [3.8, 4) is 0 Å². The van der Waals surface area contributed by atoms with Gasteiger partial charge in [-0.2, -0.15) is 0 Å². The third-order valence-corrected chi connectivity index (χ3v) is 7.82. The average molecular weight is 361 g/mol. The third-order valence-electron chi connectivity index (χ3n) is 5.14. The van der Waals surface area contributed by atoms with Crippen molar-refractivity contribution < 1.29 is 23.8 Å². The fraction of sp³-hybridized carbons (Fsp3) is 0.444. The van der Waals surface area contributed by atoms with Crippen molar-refractivity contribution in [3.05, 3.63) is 40.7 Å². The van der Waals surface area contributed by atoms with Crippen LogP contribution in [0.3, 0.4) is 0 Å². The molecule has 0 radical (unpaired) electrons. The summed E-state index contributed by atoms with van der Waals surface area (Å²) in [4.78, 5) is 25.3. The second-order valence-corrected chi connectivity index (χ2v) is 8.63. The first kappa shape index (κ1) is 16.7. The monoisotopic (exact) mass is 361 g/mol. The van der Waals surface area contributed by atoms with Gasteiger partial charge in [-0.15, -0.1) is 0 Å². The van der Waals surface area contributed by atoms with Crippen LogP contribution in [0.2, 0.25) is 0 Å². The van der Waals surface area contributed by atoms with E-state index in [1.807, 2.05) is 24.3 Å². The number of carbonyl (C=O) groups is 2. The van der Waals surface area contributed by atoms with Gasteiger partial charge in [0.2, 0.25) is 0 Å². The van der Waals surface area contributed by atoms with Crippen molar-refractivity contribution in [1.29, 1.82) is 0 Å². The topological polar surface area (TPSA) is 65.1 Å². The second kappa shape index (κ2) is 5.63. The van der Waals surface area contributed by atoms with Gasteiger partial charge in [0.25, 0.3) is 0 Å². The van der Waals surface area contributed by atoms with Gasteiger partial charge >= 0.3 is 11.9 Å². The fourth-order valence-electron chi connectivity index (χ4n) is 4.04. The molecule has 0 saturated carbocycles. The lowest BCUT2D eigenvalue weighted by Crippen LogP contribution is -2.41. The van der Waals surface area contributed by atoms with Gasteiger partial charge in [-0.05, 0) is 5.92 Å². The molecule has 0 N–H and O–H groups in total. The van der Waals surface area contributed by atoms with Crippen molar-refractivity contribution in [2.75, 3.05) is 20.8 Å². The maximum atomic E-state index is 12.7. The van der Waals surface area contributed by atoms with Gasteiger partial charge in [-0.3, -0.25) is 0 Å². The van der Waals surface area contributed by atoms with E-state index in [0.29, 0.717) is 17.8 Å². The smallest absolute Gasteiger partial charge is 0.340 e. The number of hydrogen-bond acceptors (Lipinski definition) is 6. The zero-order valence-corrected chi connectivity index (χ0v) is 15.5. The van der Waals surface area contributed by atoms with Gasteiger partial charge in [0.05, 0.1) is 26.1 Å². The molecule has 0 aromatic heterocycles. The molecule has 0 spiro atoms. The summed E-state index contributed by atoms with van der Waals surface area (Å²) in [5.41, 5.74) is 0.195. The molecule has 3 atom stereocenters. The predicted molar refractivity (Wildman–Crippen MR) is 92.1 cm³/mol. The van der Waals surface area contributed by atoms with Gasteiger partial charge in [0, 0.05) is 25.0 Å². The van der Waals surface area contributed by atoms with Crippen LogP contribution < -0.4 is 5.30 Å². The maximum absolute atomic E-state index is 12.7. The highest BCUT2D eigenvalue weighted by Gasteiger charge is 2.70. The van der Waals surface area contributed by atoms with Crippen LogP contribution in [-0.2, 0) is 29.5 Å². The lowest BCUT2D eigenvalue weighted by molar-refractivity contribution is -0.142. The molecule has 1 fully saturated rings. The number of methoxy groups -OCH3 is 2. The minimum atomic E-state index is -1.18. The summed E-state index contributed by atoms with van der Waals surface area (Å²) in [6.45, 7) is 4.77. The number of esters is 2. The highest BCUT2D eigenvalue weighted by molar-refractivity contribution is 7.69. The SMILES string of the molecule is COC(=O)C1=C(C(=O)OC)[C@]23OC[C@H](C(C)C)N2P1c1ccccc13. The Morgan fingerprint density at radius 3 is 2.56 bits per heavy atom. The van der Waals surface area contributed by atoms with E-state index in [1.165, 1.54) is 14.2 Å². The summed E-state index contributed by atoms with van der Waals surface area (Å²) in [5, 5.41) is 1.45. The molecule has 132 valence electrons. The van der Waals surface area contributed by atoms with E-state index in [0.717, 1.165) is 10.9 Å². The number of ether oxygens (including phenoxy) is 3. The molecule has 2 bridgehead atoms. The van der Waals surface area contributed by atoms with E-state index in [9.17, 15) is 9.59 Å². The first-order valence-corrected chi connectivity index (χ1v) is 9.52. The molecule has 4 rings (SSSR count). The molecule has 25 heavy (non-hydrogen) atoms. The number of rotatable bonds is 3. The Morgan fingerprint density at radius 1 is 1.24 bits per heavy atom. The Labute approximate surface area is 147 Å². The van der Waals surface area contributed by atoms with Crippen LogP contribution in [0.5, 0.6) is 0 Å². The Hall–Kier alpha value is -1.75. The molecule has 0 aliphatic carbocycles. The van der Waals surface area contributed by atoms with Crippen LogP contribution in [0.25, 0.3) is 0 Å². The van der Waals surface area contributed by atoms with E-state index in [4.69, 9.17) is 14.2 Å². The Bertz CT molecular complexity index is 804.